The van der Waals surface area contributed by atoms with Crippen LogP contribution < -0.4 is 10.9 Å². The van der Waals surface area contributed by atoms with E-state index in [1.54, 1.807) is 12.4 Å². The highest BCUT2D eigenvalue weighted by atomic mass is 16.2. The van der Waals surface area contributed by atoms with E-state index in [2.05, 4.69) is 34.9 Å². The molecular formula is C18H34N4O2. The van der Waals surface area contributed by atoms with Crippen LogP contribution in [0.5, 0.6) is 0 Å². The zero-order chi connectivity index (χ0) is 17.9. The van der Waals surface area contributed by atoms with Crippen molar-refractivity contribution in [2.24, 2.45) is 10.2 Å². The van der Waals surface area contributed by atoms with Crippen molar-refractivity contribution in [1.29, 1.82) is 0 Å². The topological polar surface area (TPSA) is 82.9 Å². The average molecular weight is 338 g/mol. The minimum atomic E-state index is -0.251. The van der Waals surface area contributed by atoms with Gasteiger partial charge >= 0.3 is 0 Å². The van der Waals surface area contributed by atoms with Crippen molar-refractivity contribution in [3.8, 4) is 0 Å². The van der Waals surface area contributed by atoms with E-state index in [0.29, 0.717) is 0 Å². The highest BCUT2D eigenvalue weighted by Crippen LogP contribution is 2.01. The number of nitrogens with one attached hydrogen (secondary N) is 2. The summed E-state index contributed by atoms with van der Waals surface area (Å²) in [4.78, 5) is 23.0. The fourth-order valence-electron chi connectivity index (χ4n) is 2.03. The molecule has 2 amide bonds. The van der Waals surface area contributed by atoms with Crippen LogP contribution in [0.3, 0.4) is 0 Å². The predicted octanol–water partition coefficient (Wildman–Crippen LogP) is 3.91. The molecule has 0 bridgehead atoms. The summed E-state index contributed by atoms with van der Waals surface area (Å²) in [6.07, 6.45) is 14.8. The third kappa shape index (κ3) is 16.6. The molecule has 0 aromatic carbocycles. The molecule has 0 aliphatic rings. The molecule has 0 aliphatic heterocycles. The highest BCUT2D eigenvalue weighted by molar-refractivity contribution is 5.84. The molecule has 24 heavy (non-hydrogen) atoms. The lowest BCUT2D eigenvalue weighted by Crippen LogP contribution is -2.22. The van der Waals surface area contributed by atoms with Crippen LogP contribution >= 0.6 is 0 Å². The van der Waals surface area contributed by atoms with Crippen LogP contribution in [0.4, 0.5) is 0 Å². The average Bonchev–Trinajstić information content (AvgIpc) is 2.58. The van der Waals surface area contributed by atoms with E-state index in [4.69, 9.17) is 0 Å². The summed E-state index contributed by atoms with van der Waals surface area (Å²) in [6.45, 7) is 4.34. The second-order valence-electron chi connectivity index (χ2n) is 5.89. The van der Waals surface area contributed by atoms with E-state index in [-0.39, 0.29) is 24.7 Å². The molecule has 0 unspecified atom stereocenters. The largest absolute Gasteiger partial charge is 0.273 e. The Kier molecular flexibility index (Phi) is 16.4. The standard InChI is InChI=1S/C18H34N4O2/c1-3-5-7-9-11-15-19-21-17(23)13-14-18(24)22-20-16-12-10-8-6-4-2/h15-16H,3-14H2,1-2H3,(H,21,23)(H,22,24)/b19-15+,20-16+. The van der Waals surface area contributed by atoms with Gasteiger partial charge in [-0.2, -0.15) is 10.2 Å². The summed E-state index contributed by atoms with van der Waals surface area (Å²) < 4.78 is 0. The molecule has 0 aliphatic carbocycles. The molecule has 0 spiro atoms. The van der Waals surface area contributed by atoms with Gasteiger partial charge in [0.2, 0.25) is 11.8 Å². The van der Waals surface area contributed by atoms with Gasteiger partial charge in [0.1, 0.15) is 0 Å². The first-order valence-corrected chi connectivity index (χ1v) is 9.31. The quantitative estimate of drug-likeness (QED) is 0.269. The molecule has 0 fully saturated rings. The van der Waals surface area contributed by atoms with Gasteiger partial charge < -0.3 is 0 Å². The third-order valence-corrected chi connectivity index (χ3v) is 3.51. The monoisotopic (exact) mass is 338 g/mol. The minimum Gasteiger partial charge on any atom is -0.273 e. The lowest BCUT2D eigenvalue weighted by Gasteiger charge is -2.00. The molecule has 0 radical (unpaired) electrons. The molecule has 6 nitrogen and oxygen atoms in total. The zero-order valence-corrected chi connectivity index (χ0v) is 15.4. The van der Waals surface area contributed by atoms with Crippen LogP contribution in [-0.2, 0) is 9.59 Å². The molecule has 6 heteroatoms. The van der Waals surface area contributed by atoms with Crippen LogP contribution in [-0.4, -0.2) is 24.2 Å². The molecule has 0 saturated heterocycles. The van der Waals surface area contributed by atoms with Crippen LogP contribution in [0.15, 0.2) is 10.2 Å². The number of amides is 2. The Morgan fingerprint density at radius 3 is 1.50 bits per heavy atom. The van der Waals surface area contributed by atoms with Gasteiger partial charge in [0.05, 0.1) is 0 Å². The second kappa shape index (κ2) is 17.6. The number of carbonyl (C=O) groups excluding carboxylic acids is 2. The fourth-order valence-corrected chi connectivity index (χ4v) is 2.03. The summed E-state index contributed by atoms with van der Waals surface area (Å²) in [6, 6.07) is 0. The first kappa shape index (κ1) is 22.3. The molecule has 0 aromatic heterocycles. The minimum absolute atomic E-state index is 0.116. The number of rotatable bonds is 15. The highest BCUT2D eigenvalue weighted by Gasteiger charge is 2.04. The van der Waals surface area contributed by atoms with Crippen molar-refractivity contribution in [1.82, 2.24) is 10.9 Å². The summed E-state index contributed by atoms with van der Waals surface area (Å²) in [7, 11) is 0. The van der Waals surface area contributed by atoms with Gasteiger partial charge in [-0.3, -0.25) is 9.59 Å². The van der Waals surface area contributed by atoms with E-state index >= 15 is 0 Å². The van der Waals surface area contributed by atoms with Gasteiger partial charge in [-0.15, -0.1) is 0 Å². The SMILES string of the molecule is CCCCCC/C=N/NC(=O)CCC(=O)N/N=C/CCCCCC. The van der Waals surface area contributed by atoms with Crippen LogP contribution in [0.1, 0.15) is 90.9 Å². The lowest BCUT2D eigenvalue weighted by atomic mass is 10.2. The molecule has 0 atom stereocenters. The van der Waals surface area contributed by atoms with Gasteiger partial charge in [0, 0.05) is 25.3 Å². The molecule has 138 valence electrons. The Hall–Kier alpha value is -1.72. The molecule has 0 aromatic rings. The molecule has 0 saturated carbocycles. The van der Waals surface area contributed by atoms with E-state index in [0.717, 1.165) is 25.7 Å². The first-order chi connectivity index (χ1) is 11.7. The van der Waals surface area contributed by atoms with Gasteiger partial charge in [-0.05, 0) is 25.7 Å². The van der Waals surface area contributed by atoms with Crippen LogP contribution in [0.2, 0.25) is 0 Å². The van der Waals surface area contributed by atoms with Crippen molar-refractivity contribution in [2.75, 3.05) is 0 Å². The van der Waals surface area contributed by atoms with Gasteiger partial charge in [0.25, 0.3) is 0 Å². The predicted molar refractivity (Wildman–Crippen MR) is 100 cm³/mol. The summed E-state index contributed by atoms with van der Waals surface area (Å²) in [5.41, 5.74) is 4.87. The summed E-state index contributed by atoms with van der Waals surface area (Å²) in [5.74, 6) is -0.503. The zero-order valence-electron chi connectivity index (χ0n) is 15.4. The Morgan fingerprint density at radius 1 is 0.708 bits per heavy atom. The van der Waals surface area contributed by atoms with E-state index < -0.39 is 0 Å². The number of hydrazone groups is 2. The van der Waals surface area contributed by atoms with E-state index in [1.165, 1.54) is 38.5 Å². The first-order valence-electron chi connectivity index (χ1n) is 9.31. The maximum Gasteiger partial charge on any atom is 0.240 e. The van der Waals surface area contributed by atoms with Crippen molar-refractivity contribution in [2.45, 2.75) is 90.9 Å². The molecular weight excluding hydrogens is 304 g/mol. The molecule has 2 N–H and O–H groups in total. The number of hydrogen-bond acceptors (Lipinski definition) is 4. The Morgan fingerprint density at radius 2 is 1.12 bits per heavy atom. The van der Waals surface area contributed by atoms with Gasteiger partial charge in [-0.1, -0.05) is 52.4 Å². The summed E-state index contributed by atoms with van der Waals surface area (Å²) >= 11 is 0. The van der Waals surface area contributed by atoms with Crippen molar-refractivity contribution in [3.63, 3.8) is 0 Å². The Labute approximate surface area is 146 Å². The number of unbranched alkanes of at least 4 members (excludes halogenated alkanes) is 8. The Bertz CT molecular complexity index is 345. The van der Waals surface area contributed by atoms with E-state index in [9.17, 15) is 9.59 Å². The van der Waals surface area contributed by atoms with Crippen LogP contribution in [0, 0.1) is 0 Å². The molecule has 0 rings (SSSR count). The lowest BCUT2D eigenvalue weighted by molar-refractivity contribution is -0.126. The number of nitrogens with zero attached hydrogens (tertiary/aromatic N) is 2. The maximum absolute atomic E-state index is 11.5. The normalized spacial score (nSPS) is 11.2. The van der Waals surface area contributed by atoms with Gasteiger partial charge in [-0.25, -0.2) is 10.9 Å². The Balaban J connectivity index is 3.55. The number of hydrogen-bond donors (Lipinski definition) is 2. The van der Waals surface area contributed by atoms with Crippen molar-refractivity contribution >= 4 is 24.2 Å². The van der Waals surface area contributed by atoms with Crippen molar-refractivity contribution in [3.05, 3.63) is 0 Å². The second-order valence-corrected chi connectivity index (χ2v) is 5.89. The maximum atomic E-state index is 11.5. The third-order valence-electron chi connectivity index (χ3n) is 3.51. The van der Waals surface area contributed by atoms with Crippen molar-refractivity contribution < 1.29 is 9.59 Å². The smallest absolute Gasteiger partial charge is 0.240 e. The number of carbonyl (C=O) groups is 2. The van der Waals surface area contributed by atoms with Crippen LogP contribution in [0.25, 0.3) is 0 Å². The van der Waals surface area contributed by atoms with Gasteiger partial charge in [0.15, 0.2) is 0 Å². The van der Waals surface area contributed by atoms with E-state index in [1.807, 2.05) is 0 Å². The molecule has 0 heterocycles. The fraction of sp³-hybridized carbons (Fsp3) is 0.778. The summed E-state index contributed by atoms with van der Waals surface area (Å²) in [5, 5.41) is 7.74.